The summed E-state index contributed by atoms with van der Waals surface area (Å²) in [6.07, 6.45) is 2.80. The maximum Gasteiger partial charge on any atom is 0.231 e. The van der Waals surface area contributed by atoms with Crippen LogP contribution in [0.5, 0.6) is 0 Å². The zero-order chi connectivity index (χ0) is 14.3. The van der Waals surface area contributed by atoms with Gasteiger partial charge in [0, 0.05) is 25.8 Å². The molecule has 0 aliphatic carbocycles. The molecule has 0 spiro atoms. The van der Waals surface area contributed by atoms with Crippen molar-refractivity contribution < 1.29 is 4.79 Å². The molecule has 0 bridgehead atoms. The topological polar surface area (TPSA) is 62.5 Å². The van der Waals surface area contributed by atoms with Gasteiger partial charge in [0.15, 0.2) is 0 Å². The molecular weight excluding hydrogens is 240 g/mol. The van der Waals surface area contributed by atoms with Crippen molar-refractivity contribution in [2.45, 2.75) is 20.3 Å². The second-order valence-electron chi connectivity index (χ2n) is 4.78. The number of nitrogens with zero attached hydrogens (tertiary/aromatic N) is 3. The molecule has 0 aliphatic heterocycles. The summed E-state index contributed by atoms with van der Waals surface area (Å²) in [5.74, 6) is 0.762. The maximum absolute atomic E-state index is 10.8. The summed E-state index contributed by atoms with van der Waals surface area (Å²) in [5, 5.41) is 0. The van der Waals surface area contributed by atoms with Gasteiger partial charge in [-0.1, -0.05) is 6.07 Å². The molecule has 2 N–H and O–H groups in total. The molecule has 1 rings (SSSR count). The summed E-state index contributed by atoms with van der Waals surface area (Å²) in [7, 11) is 1.91. The van der Waals surface area contributed by atoms with Gasteiger partial charge in [-0.15, -0.1) is 0 Å². The van der Waals surface area contributed by atoms with Crippen LogP contribution in [0.25, 0.3) is 0 Å². The van der Waals surface area contributed by atoms with Gasteiger partial charge in [0.25, 0.3) is 0 Å². The predicted molar refractivity (Wildman–Crippen MR) is 78.2 cm³/mol. The number of likely N-dealkylation sites (N-methyl/N-ethyl adjacent to an activating group) is 1. The van der Waals surface area contributed by atoms with E-state index < -0.39 is 0 Å². The first kappa shape index (κ1) is 15.4. The van der Waals surface area contributed by atoms with E-state index in [4.69, 9.17) is 5.73 Å². The van der Waals surface area contributed by atoms with E-state index in [1.807, 2.05) is 24.2 Å². The molecule has 0 saturated carbocycles. The van der Waals surface area contributed by atoms with Crippen LogP contribution in [0.3, 0.4) is 0 Å². The molecule has 0 saturated heterocycles. The molecule has 5 heteroatoms. The summed E-state index contributed by atoms with van der Waals surface area (Å²) in [6.45, 7) is 7.22. The molecular formula is C14H24N4O. The molecule has 1 heterocycles. The smallest absolute Gasteiger partial charge is 0.231 e. The summed E-state index contributed by atoms with van der Waals surface area (Å²) >= 11 is 0. The Kier molecular flexibility index (Phi) is 6.29. The van der Waals surface area contributed by atoms with E-state index in [-0.39, 0.29) is 5.91 Å². The van der Waals surface area contributed by atoms with E-state index in [9.17, 15) is 4.79 Å². The Morgan fingerprint density at radius 2 is 2.16 bits per heavy atom. The fraction of sp³-hybridized carbons (Fsp3) is 0.571. The van der Waals surface area contributed by atoms with Crippen molar-refractivity contribution in [1.82, 2.24) is 9.88 Å². The normalized spacial score (nSPS) is 10.7. The number of nitrogens with two attached hydrogens (primary N) is 1. The average Bonchev–Trinajstić information content (AvgIpc) is 2.35. The van der Waals surface area contributed by atoms with Gasteiger partial charge < -0.3 is 10.6 Å². The van der Waals surface area contributed by atoms with Gasteiger partial charge >= 0.3 is 0 Å². The van der Waals surface area contributed by atoms with Crippen LogP contribution in [0.2, 0.25) is 0 Å². The van der Waals surface area contributed by atoms with Gasteiger partial charge in [0.2, 0.25) is 5.91 Å². The lowest BCUT2D eigenvalue weighted by Gasteiger charge is -2.24. The van der Waals surface area contributed by atoms with E-state index in [0.29, 0.717) is 6.54 Å². The van der Waals surface area contributed by atoms with Crippen LogP contribution in [0, 0.1) is 6.92 Å². The molecule has 0 fully saturated rings. The number of aryl methyl sites for hydroxylation is 1. The Bertz CT molecular complexity index is 408. The lowest BCUT2D eigenvalue weighted by molar-refractivity contribution is -0.118. The highest BCUT2D eigenvalue weighted by Crippen LogP contribution is 2.15. The molecule has 0 unspecified atom stereocenters. The summed E-state index contributed by atoms with van der Waals surface area (Å²) < 4.78 is 0. The number of carbonyl (C=O) groups excluding carboxylic acids is 1. The number of primary amides is 1. The zero-order valence-electron chi connectivity index (χ0n) is 12.1. The zero-order valence-corrected chi connectivity index (χ0v) is 12.1. The second-order valence-corrected chi connectivity index (χ2v) is 4.78. The highest BCUT2D eigenvalue weighted by atomic mass is 16.1. The van der Waals surface area contributed by atoms with Crippen LogP contribution in [0.1, 0.15) is 18.9 Å². The van der Waals surface area contributed by atoms with E-state index in [2.05, 4.69) is 29.8 Å². The molecule has 0 aliphatic rings. The van der Waals surface area contributed by atoms with Gasteiger partial charge in [-0.2, -0.15) is 0 Å². The third-order valence-electron chi connectivity index (χ3n) is 3.06. The fourth-order valence-electron chi connectivity index (χ4n) is 2.10. The van der Waals surface area contributed by atoms with E-state index in [1.165, 1.54) is 5.56 Å². The van der Waals surface area contributed by atoms with Crippen LogP contribution in [-0.2, 0) is 4.79 Å². The Morgan fingerprint density at radius 1 is 1.42 bits per heavy atom. The van der Waals surface area contributed by atoms with Crippen LogP contribution in [0.15, 0.2) is 18.3 Å². The van der Waals surface area contributed by atoms with Crippen LogP contribution in [-0.4, -0.2) is 49.0 Å². The van der Waals surface area contributed by atoms with Gasteiger partial charge in [-0.3, -0.25) is 9.69 Å². The van der Waals surface area contributed by atoms with Crippen molar-refractivity contribution in [3.05, 3.63) is 23.9 Å². The molecule has 106 valence electrons. The molecule has 5 nitrogen and oxygen atoms in total. The van der Waals surface area contributed by atoms with Crippen molar-refractivity contribution in [3.63, 3.8) is 0 Å². The van der Waals surface area contributed by atoms with Gasteiger partial charge in [0.1, 0.15) is 5.82 Å². The van der Waals surface area contributed by atoms with Crippen molar-refractivity contribution in [2.75, 3.05) is 38.1 Å². The van der Waals surface area contributed by atoms with Crippen LogP contribution in [0.4, 0.5) is 5.82 Å². The number of anilines is 1. The highest BCUT2D eigenvalue weighted by Gasteiger charge is 2.09. The molecule has 0 aromatic carbocycles. The predicted octanol–water partition coefficient (Wildman–Crippen LogP) is 1.02. The summed E-state index contributed by atoms with van der Waals surface area (Å²) in [6, 6.07) is 4.03. The van der Waals surface area contributed by atoms with Crippen molar-refractivity contribution in [2.24, 2.45) is 5.73 Å². The summed E-state index contributed by atoms with van der Waals surface area (Å²) in [5.41, 5.74) is 6.35. The summed E-state index contributed by atoms with van der Waals surface area (Å²) in [4.78, 5) is 19.4. The average molecular weight is 264 g/mol. The highest BCUT2D eigenvalue weighted by molar-refractivity contribution is 5.75. The maximum atomic E-state index is 10.8. The van der Waals surface area contributed by atoms with Crippen molar-refractivity contribution in [1.29, 1.82) is 0 Å². The van der Waals surface area contributed by atoms with Crippen LogP contribution < -0.4 is 10.6 Å². The number of pyridine rings is 1. The molecule has 0 atom stereocenters. The first-order valence-electron chi connectivity index (χ1n) is 6.68. The molecule has 1 aromatic heterocycles. The standard InChI is InChI=1S/C14H24N4O/c1-4-18(14-12(2)7-5-8-16-14)10-6-9-17(3)11-13(15)19/h5,7-8H,4,6,9-11H2,1-3H3,(H2,15,19). The number of rotatable bonds is 8. The van der Waals surface area contributed by atoms with Crippen LogP contribution >= 0.6 is 0 Å². The van der Waals surface area contributed by atoms with Gasteiger partial charge in [-0.25, -0.2) is 4.98 Å². The molecule has 0 radical (unpaired) electrons. The molecule has 1 amide bonds. The minimum absolute atomic E-state index is 0.282. The van der Waals surface area contributed by atoms with E-state index >= 15 is 0 Å². The van der Waals surface area contributed by atoms with Gasteiger partial charge in [-0.05, 0) is 38.9 Å². The first-order chi connectivity index (χ1) is 9.04. The minimum Gasteiger partial charge on any atom is -0.369 e. The monoisotopic (exact) mass is 264 g/mol. The Labute approximate surface area is 115 Å². The Hall–Kier alpha value is -1.62. The van der Waals surface area contributed by atoms with Gasteiger partial charge in [0.05, 0.1) is 6.54 Å². The third kappa shape index (κ3) is 5.26. The van der Waals surface area contributed by atoms with E-state index in [1.54, 1.807) is 0 Å². The third-order valence-corrected chi connectivity index (χ3v) is 3.06. The Balaban J connectivity index is 2.46. The quantitative estimate of drug-likeness (QED) is 0.761. The SMILES string of the molecule is CCN(CCCN(C)CC(N)=O)c1ncccc1C. The number of hydrogen-bond donors (Lipinski definition) is 1. The number of amides is 1. The van der Waals surface area contributed by atoms with E-state index in [0.717, 1.165) is 31.9 Å². The minimum atomic E-state index is -0.282. The molecule has 1 aromatic rings. The number of hydrogen-bond acceptors (Lipinski definition) is 4. The number of aromatic nitrogens is 1. The van der Waals surface area contributed by atoms with Crippen molar-refractivity contribution >= 4 is 11.7 Å². The Morgan fingerprint density at radius 3 is 2.74 bits per heavy atom. The van der Waals surface area contributed by atoms with Crippen molar-refractivity contribution in [3.8, 4) is 0 Å². The lowest BCUT2D eigenvalue weighted by Crippen LogP contribution is -2.33. The largest absolute Gasteiger partial charge is 0.369 e. The molecule has 19 heavy (non-hydrogen) atoms. The lowest BCUT2D eigenvalue weighted by atomic mass is 10.2. The number of carbonyl (C=O) groups is 1. The second kappa shape index (κ2) is 7.74. The first-order valence-corrected chi connectivity index (χ1v) is 6.68. The fourth-order valence-corrected chi connectivity index (χ4v) is 2.10.